The highest BCUT2D eigenvalue weighted by molar-refractivity contribution is 6.14. The van der Waals surface area contributed by atoms with Crippen LogP contribution in [-0.4, -0.2) is 37.7 Å². The van der Waals surface area contributed by atoms with Crippen LogP contribution in [-0.2, 0) is 10.9 Å². The number of benzene rings is 3. The SMILES string of the molecule is COc1cc(C=C2Oc3cc(OCCNC(=O)OC(C)(C)C)ccc3C2=O)ccc1Oc1ccc(C#N)cc1C(F)(F)F. The molecule has 0 aromatic heterocycles. The predicted molar refractivity (Wildman–Crippen MR) is 148 cm³/mol. The molecule has 1 aliphatic rings. The van der Waals surface area contributed by atoms with Gasteiger partial charge >= 0.3 is 12.3 Å². The number of nitrogens with zero attached hydrogens (tertiary/aromatic N) is 1. The van der Waals surface area contributed by atoms with Crippen molar-refractivity contribution in [2.24, 2.45) is 0 Å². The molecule has 3 aromatic rings. The first kappa shape index (κ1) is 30.8. The van der Waals surface area contributed by atoms with E-state index in [1.54, 1.807) is 45.0 Å². The van der Waals surface area contributed by atoms with E-state index in [2.05, 4.69) is 5.32 Å². The molecule has 1 aliphatic heterocycles. The molecule has 4 rings (SSSR count). The molecule has 0 unspecified atom stereocenters. The molecule has 9 nitrogen and oxygen atoms in total. The van der Waals surface area contributed by atoms with Gasteiger partial charge in [-0.15, -0.1) is 0 Å². The highest BCUT2D eigenvalue weighted by Crippen LogP contribution is 2.41. The van der Waals surface area contributed by atoms with Crippen LogP contribution in [0.25, 0.3) is 6.08 Å². The zero-order chi connectivity index (χ0) is 31.4. The molecular formula is C31H27F3N2O7. The number of allylic oxidation sites excluding steroid dienone is 1. The van der Waals surface area contributed by atoms with Crippen LogP contribution in [0, 0.1) is 11.3 Å². The van der Waals surface area contributed by atoms with Crippen molar-refractivity contribution < 1.29 is 46.4 Å². The summed E-state index contributed by atoms with van der Waals surface area (Å²) in [5.74, 6) is -0.0699. The number of ether oxygens (including phenoxy) is 5. The maximum absolute atomic E-state index is 13.6. The molecular weight excluding hydrogens is 569 g/mol. The van der Waals surface area contributed by atoms with Crippen LogP contribution < -0.4 is 24.3 Å². The third kappa shape index (κ3) is 7.77. The highest BCUT2D eigenvalue weighted by Gasteiger charge is 2.35. The Morgan fingerprint density at radius 1 is 1.02 bits per heavy atom. The Balaban J connectivity index is 1.45. The summed E-state index contributed by atoms with van der Waals surface area (Å²) < 4.78 is 68.1. The monoisotopic (exact) mass is 596 g/mol. The van der Waals surface area contributed by atoms with E-state index in [1.165, 1.54) is 37.5 Å². The number of carbonyl (C=O) groups excluding carboxylic acids is 2. The Bertz CT molecular complexity index is 1620. The van der Waals surface area contributed by atoms with Crippen molar-refractivity contribution in [3.05, 3.63) is 82.6 Å². The number of hydrogen-bond donors (Lipinski definition) is 1. The van der Waals surface area contributed by atoms with Gasteiger partial charge in [-0.1, -0.05) is 6.07 Å². The largest absolute Gasteiger partial charge is 0.493 e. The van der Waals surface area contributed by atoms with E-state index in [9.17, 15) is 22.8 Å². The molecule has 0 saturated heterocycles. The van der Waals surface area contributed by atoms with Gasteiger partial charge in [0.05, 0.1) is 36.4 Å². The van der Waals surface area contributed by atoms with Gasteiger partial charge < -0.3 is 29.0 Å². The summed E-state index contributed by atoms with van der Waals surface area (Å²) in [5.41, 5.74) is -1.11. The summed E-state index contributed by atoms with van der Waals surface area (Å²) in [5, 5.41) is 11.6. The number of halogens is 3. The second kappa shape index (κ2) is 12.4. The minimum absolute atomic E-state index is 0.00948. The lowest BCUT2D eigenvalue weighted by atomic mass is 10.1. The molecule has 0 atom stereocenters. The average molecular weight is 597 g/mol. The van der Waals surface area contributed by atoms with Crippen LogP contribution in [0.1, 0.15) is 47.8 Å². The molecule has 43 heavy (non-hydrogen) atoms. The van der Waals surface area contributed by atoms with E-state index in [0.29, 0.717) is 22.9 Å². The van der Waals surface area contributed by atoms with Gasteiger partial charge in [-0.25, -0.2) is 4.79 Å². The number of nitrogens with one attached hydrogen (secondary N) is 1. The Morgan fingerprint density at radius 3 is 2.44 bits per heavy atom. The molecule has 3 aromatic carbocycles. The number of fused-ring (bicyclic) bond motifs is 1. The van der Waals surface area contributed by atoms with Crippen LogP contribution in [0.5, 0.6) is 28.7 Å². The number of nitriles is 1. The molecule has 224 valence electrons. The molecule has 1 amide bonds. The quantitative estimate of drug-likeness (QED) is 0.221. The van der Waals surface area contributed by atoms with Crippen LogP contribution in [0.4, 0.5) is 18.0 Å². The Morgan fingerprint density at radius 2 is 1.77 bits per heavy atom. The molecule has 0 fully saturated rings. The van der Waals surface area contributed by atoms with Gasteiger partial charge in [0.15, 0.2) is 17.3 Å². The minimum Gasteiger partial charge on any atom is -0.493 e. The van der Waals surface area contributed by atoms with Crippen molar-refractivity contribution in [2.75, 3.05) is 20.3 Å². The Hall–Kier alpha value is -5.18. The van der Waals surface area contributed by atoms with Crippen molar-refractivity contribution in [2.45, 2.75) is 32.5 Å². The predicted octanol–water partition coefficient (Wildman–Crippen LogP) is 6.90. The molecule has 0 spiro atoms. The molecule has 0 radical (unpaired) electrons. The van der Waals surface area contributed by atoms with Gasteiger partial charge in [-0.3, -0.25) is 4.79 Å². The Labute approximate surface area is 245 Å². The first-order valence-corrected chi connectivity index (χ1v) is 12.9. The highest BCUT2D eigenvalue weighted by atomic mass is 19.4. The number of alkyl halides is 3. The van der Waals surface area contributed by atoms with Crippen molar-refractivity contribution in [3.63, 3.8) is 0 Å². The van der Waals surface area contributed by atoms with E-state index in [-0.39, 0.29) is 47.5 Å². The lowest BCUT2D eigenvalue weighted by molar-refractivity contribution is -0.138. The maximum Gasteiger partial charge on any atom is 0.420 e. The molecule has 12 heteroatoms. The fraction of sp³-hybridized carbons (Fsp3) is 0.258. The van der Waals surface area contributed by atoms with E-state index < -0.39 is 29.2 Å². The first-order chi connectivity index (χ1) is 20.3. The smallest absolute Gasteiger partial charge is 0.420 e. The zero-order valence-electron chi connectivity index (χ0n) is 23.6. The van der Waals surface area contributed by atoms with Crippen molar-refractivity contribution in [1.82, 2.24) is 5.32 Å². The summed E-state index contributed by atoms with van der Waals surface area (Å²) in [6.07, 6.45) is -3.86. The van der Waals surface area contributed by atoms with E-state index in [1.807, 2.05) is 0 Å². The standard InChI is InChI=1S/C31H27F3N2O7/c1-30(2,3)43-29(38)36-11-12-40-20-7-8-21-25(16-20)42-27(28(21)37)15-18-5-10-24(26(14-18)39-4)41-23-9-6-19(17-35)13-22(23)31(32,33)34/h5-10,13-16H,11-12H2,1-4H3,(H,36,38). The van der Waals surface area contributed by atoms with Gasteiger partial charge in [0, 0.05) is 6.07 Å². The zero-order valence-corrected chi connectivity index (χ0v) is 23.6. The van der Waals surface area contributed by atoms with Crippen LogP contribution in [0.3, 0.4) is 0 Å². The minimum atomic E-state index is -4.75. The summed E-state index contributed by atoms with van der Waals surface area (Å²) in [6, 6.07) is 13.8. The number of alkyl carbamates (subject to hydrolysis) is 1. The number of amides is 1. The van der Waals surface area contributed by atoms with Crippen LogP contribution >= 0.6 is 0 Å². The molecule has 0 bridgehead atoms. The number of hydrogen-bond acceptors (Lipinski definition) is 8. The topological polar surface area (TPSA) is 116 Å². The average Bonchev–Trinajstić information content (AvgIpc) is 3.24. The fourth-order valence-electron chi connectivity index (χ4n) is 3.93. The van der Waals surface area contributed by atoms with Crippen molar-refractivity contribution in [1.29, 1.82) is 5.26 Å². The number of rotatable bonds is 8. The van der Waals surface area contributed by atoms with Crippen molar-refractivity contribution in [3.8, 4) is 34.8 Å². The summed E-state index contributed by atoms with van der Waals surface area (Å²) in [7, 11) is 1.32. The number of Topliss-reactive ketones (excluding diaryl/α,β-unsaturated/α-hetero) is 1. The molecule has 0 aliphatic carbocycles. The third-order valence-electron chi connectivity index (χ3n) is 5.80. The second-order valence-corrected chi connectivity index (χ2v) is 10.2. The lowest BCUT2D eigenvalue weighted by Crippen LogP contribution is -2.34. The summed E-state index contributed by atoms with van der Waals surface area (Å²) >= 11 is 0. The van der Waals surface area contributed by atoms with Gasteiger partial charge in [-0.05, 0) is 74.9 Å². The summed E-state index contributed by atoms with van der Waals surface area (Å²) in [4.78, 5) is 24.7. The van der Waals surface area contributed by atoms with Crippen molar-refractivity contribution >= 4 is 18.0 Å². The number of methoxy groups -OCH3 is 1. The van der Waals surface area contributed by atoms with Gasteiger partial charge in [0.1, 0.15) is 29.5 Å². The van der Waals surface area contributed by atoms with E-state index in [0.717, 1.165) is 6.07 Å². The van der Waals surface area contributed by atoms with E-state index in [4.69, 9.17) is 28.9 Å². The van der Waals surface area contributed by atoms with E-state index >= 15 is 0 Å². The normalized spacial score (nSPS) is 13.5. The molecule has 1 N–H and O–H groups in total. The number of carbonyl (C=O) groups is 2. The third-order valence-corrected chi connectivity index (χ3v) is 5.80. The summed E-state index contributed by atoms with van der Waals surface area (Å²) in [6.45, 7) is 5.61. The van der Waals surface area contributed by atoms with Crippen LogP contribution in [0.15, 0.2) is 60.4 Å². The molecule has 1 heterocycles. The number of ketones is 1. The van der Waals surface area contributed by atoms with Crippen LogP contribution in [0.2, 0.25) is 0 Å². The first-order valence-electron chi connectivity index (χ1n) is 12.9. The fourth-order valence-corrected chi connectivity index (χ4v) is 3.93. The van der Waals surface area contributed by atoms with Gasteiger partial charge in [0.25, 0.3) is 0 Å². The molecule has 0 saturated carbocycles. The maximum atomic E-state index is 13.6. The Kier molecular flexibility index (Phi) is 8.85. The lowest BCUT2D eigenvalue weighted by Gasteiger charge is -2.19. The van der Waals surface area contributed by atoms with Gasteiger partial charge in [0.2, 0.25) is 5.78 Å². The second-order valence-electron chi connectivity index (χ2n) is 10.2. The van der Waals surface area contributed by atoms with Gasteiger partial charge in [-0.2, -0.15) is 18.4 Å².